The molecule has 4 rings (SSSR count). The van der Waals surface area contributed by atoms with Crippen molar-refractivity contribution in [2.75, 3.05) is 11.1 Å². The largest absolute Gasteiger partial charge is 0.302 e. The second-order valence-corrected chi connectivity index (χ2v) is 8.50. The van der Waals surface area contributed by atoms with Crippen molar-refractivity contribution in [2.45, 2.75) is 44.8 Å². The van der Waals surface area contributed by atoms with Gasteiger partial charge in [-0.3, -0.25) is 14.9 Å². The van der Waals surface area contributed by atoms with E-state index in [0.717, 1.165) is 24.2 Å². The second kappa shape index (κ2) is 9.15. The van der Waals surface area contributed by atoms with Crippen LogP contribution in [0.1, 0.15) is 41.5 Å². The highest BCUT2D eigenvalue weighted by Gasteiger charge is 2.23. The van der Waals surface area contributed by atoms with Crippen LogP contribution in [0.15, 0.2) is 29.4 Å². The van der Waals surface area contributed by atoms with Crippen LogP contribution in [-0.4, -0.2) is 42.2 Å². The molecular weight excluding hydrogens is 436 g/mol. The lowest BCUT2D eigenvalue weighted by atomic mass is 9.94. The molecule has 0 atom stereocenters. The molecule has 31 heavy (non-hydrogen) atoms. The van der Waals surface area contributed by atoms with Crippen molar-refractivity contribution < 1.29 is 9.59 Å². The SMILES string of the molecule is CCn1c(SCC(=O)Nc2nc(C)c3c(n2)CCCC3=O)nnc1-c1ccc(Cl)cc1. The molecule has 1 aromatic carbocycles. The molecule has 1 aliphatic rings. The molecule has 10 heteroatoms. The molecule has 0 saturated heterocycles. The van der Waals surface area contributed by atoms with E-state index in [1.807, 2.05) is 23.6 Å². The van der Waals surface area contributed by atoms with Crippen LogP contribution >= 0.6 is 23.4 Å². The predicted molar refractivity (Wildman–Crippen MR) is 120 cm³/mol. The van der Waals surface area contributed by atoms with E-state index in [1.165, 1.54) is 11.8 Å². The number of Topliss-reactive ketones (excluding diaryl/α,β-unsaturated/α-hetero) is 1. The number of hydrogen-bond acceptors (Lipinski definition) is 7. The first-order chi connectivity index (χ1) is 15.0. The van der Waals surface area contributed by atoms with Gasteiger partial charge in [-0.1, -0.05) is 23.4 Å². The van der Waals surface area contributed by atoms with Gasteiger partial charge in [-0.25, -0.2) is 9.97 Å². The molecule has 0 bridgehead atoms. The zero-order valence-electron chi connectivity index (χ0n) is 17.2. The fourth-order valence-electron chi connectivity index (χ4n) is 3.56. The maximum absolute atomic E-state index is 12.5. The van der Waals surface area contributed by atoms with Crippen LogP contribution in [0.3, 0.4) is 0 Å². The van der Waals surface area contributed by atoms with Gasteiger partial charge >= 0.3 is 0 Å². The number of carbonyl (C=O) groups is 2. The lowest BCUT2D eigenvalue weighted by Gasteiger charge is -2.16. The summed E-state index contributed by atoms with van der Waals surface area (Å²) in [5.74, 6) is 0.917. The molecular formula is C21H21ClN6O2S. The molecule has 0 fully saturated rings. The van der Waals surface area contributed by atoms with Gasteiger partial charge in [-0.2, -0.15) is 0 Å². The molecule has 0 unspecified atom stereocenters. The Balaban J connectivity index is 1.44. The molecule has 0 spiro atoms. The molecule has 8 nitrogen and oxygen atoms in total. The summed E-state index contributed by atoms with van der Waals surface area (Å²) in [6.45, 7) is 4.43. The van der Waals surface area contributed by atoms with Gasteiger partial charge in [-0.15, -0.1) is 10.2 Å². The summed E-state index contributed by atoms with van der Waals surface area (Å²) in [6.07, 6.45) is 2.01. The average Bonchev–Trinajstić information content (AvgIpc) is 3.15. The highest BCUT2D eigenvalue weighted by molar-refractivity contribution is 7.99. The summed E-state index contributed by atoms with van der Waals surface area (Å²) in [5, 5.41) is 12.6. The summed E-state index contributed by atoms with van der Waals surface area (Å²) in [7, 11) is 0. The fourth-order valence-corrected chi connectivity index (χ4v) is 4.49. The smallest absolute Gasteiger partial charge is 0.237 e. The van der Waals surface area contributed by atoms with Crippen LogP contribution in [0.4, 0.5) is 5.95 Å². The van der Waals surface area contributed by atoms with Crippen LogP contribution < -0.4 is 5.32 Å². The Morgan fingerprint density at radius 1 is 1.19 bits per heavy atom. The van der Waals surface area contributed by atoms with E-state index in [4.69, 9.17) is 11.6 Å². The number of ketones is 1. The third kappa shape index (κ3) is 4.62. The fraction of sp³-hybridized carbons (Fsp3) is 0.333. The van der Waals surface area contributed by atoms with Crippen LogP contribution in [0.2, 0.25) is 5.02 Å². The van der Waals surface area contributed by atoms with Crippen molar-refractivity contribution in [2.24, 2.45) is 0 Å². The predicted octanol–water partition coefficient (Wildman–Crippen LogP) is 3.97. The average molecular weight is 457 g/mol. The van der Waals surface area contributed by atoms with Crippen LogP contribution in [0.25, 0.3) is 11.4 Å². The molecule has 1 aliphatic carbocycles. The van der Waals surface area contributed by atoms with Gasteiger partial charge in [0.25, 0.3) is 0 Å². The van der Waals surface area contributed by atoms with Crippen LogP contribution in [0, 0.1) is 6.92 Å². The number of nitrogens with one attached hydrogen (secondary N) is 1. The first-order valence-electron chi connectivity index (χ1n) is 9.98. The van der Waals surface area contributed by atoms with E-state index in [2.05, 4.69) is 25.5 Å². The number of amides is 1. The summed E-state index contributed by atoms with van der Waals surface area (Å²) >= 11 is 7.26. The number of rotatable bonds is 6. The van der Waals surface area contributed by atoms with Crippen LogP contribution in [0.5, 0.6) is 0 Å². The zero-order valence-corrected chi connectivity index (χ0v) is 18.8. The first-order valence-corrected chi connectivity index (χ1v) is 11.3. The van der Waals surface area contributed by atoms with Gasteiger partial charge in [0.2, 0.25) is 11.9 Å². The van der Waals surface area contributed by atoms with Gasteiger partial charge in [0, 0.05) is 23.6 Å². The number of anilines is 1. The maximum atomic E-state index is 12.5. The number of fused-ring (bicyclic) bond motifs is 1. The minimum absolute atomic E-state index is 0.0718. The van der Waals surface area contributed by atoms with E-state index in [9.17, 15) is 9.59 Å². The highest BCUT2D eigenvalue weighted by Crippen LogP contribution is 2.26. The van der Waals surface area contributed by atoms with Crippen molar-refractivity contribution in [1.29, 1.82) is 0 Å². The molecule has 0 radical (unpaired) electrons. The topological polar surface area (TPSA) is 103 Å². The van der Waals surface area contributed by atoms with E-state index < -0.39 is 0 Å². The number of aromatic nitrogens is 5. The summed E-state index contributed by atoms with van der Waals surface area (Å²) in [5.41, 5.74) is 2.83. The molecule has 1 N–H and O–H groups in total. The number of hydrogen-bond donors (Lipinski definition) is 1. The van der Waals surface area contributed by atoms with E-state index in [1.54, 1.807) is 19.1 Å². The van der Waals surface area contributed by atoms with Crippen molar-refractivity contribution >= 4 is 41.0 Å². The Kier molecular flexibility index (Phi) is 6.33. The Morgan fingerprint density at radius 2 is 1.97 bits per heavy atom. The van der Waals surface area contributed by atoms with Crippen molar-refractivity contribution in [3.8, 4) is 11.4 Å². The molecule has 1 amide bonds. The maximum Gasteiger partial charge on any atom is 0.237 e. The van der Waals surface area contributed by atoms with Crippen LogP contribution in [-0.2, 0) is 17.8 Å². The number of aryl methyl sites for hydroxylation is 2. The molecule has 2 heterocycles. The summed E-state index contributed by atoms with van der Waals surface area (Å²) in [4.78, 5) is 33.3. The number of thioether (sulfide) groups is 1. The lowest BCUT2D eigenvalue weighted by molar-refractivity contribution is -0.113. The first kappa shape index (κ1) is 21.5. The molecule has 0 aliphatic heterocycles. The van der Waals surface area contributed by atoms with Crippen molar-refractivity contribution in [3.05, 3.63) is 46.2 Å². The van der Waals surface area contributed by atoms with Crippen molar-refractivity contribution in [1.82, 2.24) is 24.7 Å². The third-order valence-electron chi connectivity index (χ3n) is 4.98. The van der Waals surface area contributed by atoms with Gasteiger partial charge in [-0.05, 0) is 51.0 Å². The third-order valence-corrected chi connectivity index (χ3v) is 6.20. The minimum Gasteiger partial charge on any atom is -0.302 e. The molecule has 3 aromatic rings. The number of carbonyl (C=O) groups excluding carboxylic acids is 2. The number of benzene rings is 1. The Hall–Kier alpha value is -2.78. The lowest BCUT2D eigenvalue weighted by Crippen LogP contribution is -2.21. The minimum atomic E-state index is -0.245. The number of nitrogens with zero attached hydrogens (tertiary/aromatic N) is 5. The second-order valence-electron chi connectivity index (χ2n) is 7.13. The van der Waals surface area contributed by atoms with Gasteiger partial charge in [0.05, 0.1) is 22.7 Å². The monoisotopic (exact) mass is 456 g/mol. The Labute approximate surface area is 188 Å². The normalized spacial score (nSPS) is 13.2. The molecule has 0 saturated carbocycles. The summed E-state index contributed by atoms with van der Waals surface area (Å²) in [6, 6.07) is 7.39. The highest BCUT2D eigenvalue weighted by atomic mass is 35.5. The molecule has 160 valence electrons. The van der Waals surface area contributed by atoms with Crippen molar-refractivity contribution in [3.63, 3.8) is 0 Å². The summed E-state index contributed by atoms with van der Waals surface area (Å²) < 4.78 is 1.95. The molecule has 2 aromatic heterocycles. The van der Waals surface area contributed by atoms with E-state index in [0.29, 0.717) is 40.1 Å². The van der Waals surface area contributed by atoms with Gasteiger partial charge in [0.1, 0.15) is 0 Å². The van der Waals surface area contributed by atoms with Gasteiger partial charge < -0.3 is 4.57 Å². The van der Waals surface area contributed by atoms with E-state index in [-0.39, 0.29) is 23.4 Å². The van der Waals surface area contributed by atoms with E-state index >= 15 is 0 Å². The zero-order chi connectivity index (χ0) is 22.0. The standard InChI is InChI=1S/C21H21ClN6O2S/c1-3-28-19(13-7-9-14(22)10-8-13)26-27-21(28)31-11-17(30)25-20-23-12(2)18-15(24-20)5-4-6-16(18)29/h7-10H,3-6,11H2,1-2H3,(H,23,24,25,30). The Morgan fingerprint density at radius 3 is 2.71 bits per heavy atom. The quantitative estimate of drug-likeness (QED) is 0.560. The van der Waals surface area contributed by atoms with Gasteiger partial charge in [0.15, 0.2) is 16.8 Å². The number of halogens is 1. The Bertz CT molecular complexity index is 1150.